The van der Waals surface area contributed by atoms with E-state index < -0.39 is 0 Å². The Balaban J connectivity index is -0.0000000728. The summed E-state index contributed by atoms with van der Waals surface area (Å²) in [5.41, 5.74) is 13.3. The lowest BCUT2D eigenvalue weighted by Crippen LogP contribution is -2.11. The monoisotopic (exact) mass is 479 g/mol. The maximum atomic E-state index is 7.00. The minimum absolute atomic E-state index is 0. The number of thiazole rings is 1. The number of ether oxygens (including phenoxy) is 1. The summed E-state index contributed by atoms with van der Waals surface area (Å²) in [5.74, 6) is 0.976. The molecule has 32 heavy (non-hydrogen) atoms. The van der Waals surface area contributed by atoms with Crippen LogP contribution in [0.2, 0.25) is 0 Å². The van der Waals surface area contributed by atoms with E-state index in [0.29, 0.717) is 5.13 Å². The van der Waals surface area contributed by atoms with E-state index in [0.717, 1.165) is 33.8 Å². The number of nitrogen functional groups attached to an aromatic ring is 1. The number of nitrogens with two attached hydrogens (primary N) is 2. The zero-order valence-electron chi connectivity index (χ0n) is 21.3. The lowest BCUT2D eigenvalue weighted by molar-refractivity contribution is 0.277. The predicted octanol–water partition coefficient (Wildman–Crippen LogP) is 4.52. The van der Waals surface area contributed by atoms with Crippen molar-refractivity contribution >= 4 is 16.5 Å². The van der Waals surface area contributed by atoms with E-state index in [4.69, 9.17) is 26.8 Å². The highest BCUT2D eigenvalue weighted by Gasteiger charge is 2.11. The van der Waals surface area contributed by atoms with Crippen LogP contribution in [-0.2, 0) is 4.74 Å². The van der Waals surface area contributed by atoms with E-state index in [9.17, 15) is 0 Å². The second-order valence-electron chi connectivity index (χ2n) is 6.51. The molecule has 0 unspecified atom stereocenters. The highest BCUT2D eigenvalue weighted by Crippen LogP contribution is 2.25. The molecule has 0 saturated heterocycles. The molecule has 8 heteroatoms. The summed E-state index contributed by atoms with van der Waals surface area (Å²) in [6, 6.07) is 8.48. The lowest BCUT2D eigenvalue weighted by Gasteiger charge is -2.20. The molecule has 194 valence electrons. The van der Waals surface area contributed by atoms with E-state index in [1.165, 1.54) is 61.0 Å². The fourth-order valence-electron chi connectivity index (χ4n) is 2.58. The third kappa shape index (κ3) is 30.6. The van der Waals surface area contributed by atoms with Crippen molar-refractivity contribution in [2.24, 2.45) is 11.7 Å². The van der Waals surface area contributed by atoms with Gasteiger partial charge in [0.25, 0.3) is 0 Å². The van der Waals surface area contributed by atoms with Crippen molar-refractivity contribution in [3.05, 3.63) is 47.0 Å². The molecular formula is C24H53N3O4S. The molecule has 7 nitrogen and oxygen atoms in total. The molecular weight excluding hydrogens is 426 g/mol. The molecule has 1 aromatic heterocycles. The van der Waals surface area contributed by atoms with Crippen molar-refractivity contribution in [1.82, 2.24) is 4.98 Å². The Morgan fingerprint density at radius 3 is 1.59 bits per heavy atom. The number of aliphatic hydroxyl groups excluding tert-OH is 3. The van der Waals surface area contributed by atoms with Crippen molar-refractivity contribution in [3.8, 4) is 0 Å². The predicted molar refractivity (Wildman–Crippen MR) is 144 cm³/mol. The van der Waals surface area contributed by atoms with Gasteiger partial charge in [-0.3, -0.25) is 0 Å². The van der Waals surface area contributed by atoms with Gasteiger partial charge in [0.2, 0.25) is 0 Å². The van der Waals surface area contributed by atoms with Gasteiger partial charge in [-0.2, -0.15) is 0 Å². The smallest absolute Gasteiger partial charge is 0.179 e. The minimum atomic E-state index is 0. The summed E-state index contributed by atoms with van der Waals surface area (Å²) in [7, 11) is 6.25. The van der Waals surface area contributed by atoms with Crippen LogP contribution in [0.1, 0.15) is 52.5 Å². The van der Waals surface area contributed by atoms with Gasteiger partial charge in [-0.15, -0.1) is 11.3 Å². The average molecular weight is 480 g/mol. The molecule has 0 atom stereocenters. The fraction of sp³-hybridized carbons (Fsp3) is 0.625. The SMILES string of the molecule is CO.CO.CO.COC.Cc1ccc(C)cc1.NCCC1CCCCC1.Nc1nccs1.[HH].[HH]. The summed E-state index contributed by atoms with van der Waals surface area (Å²) < 4.78 is 4.25. The molecule has 1 fully saturated rings. The Bertz CT molecular complexity index is 508. The van der Waals surface area contributed by atoms with Crippen LogP contribution in [0, 0.1) is 19.8 Å². The van der Waals surface area contributed by atoms with Gasteiger partial charge in [0.1, 0.15) is 0 Å². The van der Waals surface area contributed by atoms with Crippen molar-refractivity contribution in [3.63, 3.8) is 0 Å². The van der Waals surface area contributed by atoms with Crippen LogP contribution < -0.4 is 11.5 Å². The molecule has 2 aromatic rings. The third-order valence-corrected chi connectivity index (χ3v) is 4.57. The average Bonchev–Trinajstić information content (AvgIpc) is 3.33. The van der Waals surface area contributed by atoms with Crippen LogP contribution in [0.3, 0.4) is 0 Å². The number of aryl methyl sites for hydroxylation is 2. The van der Waals surface area contributed by atoms with Gasteiger partial charge in [0.15, 0.2) is 5.13 Å². The molecule has 0 aliphatic heterocycles. The number of anilines is 1. The molecule has 0 bridgehead atoms. The first kappa shape index (κ1) is 37.7. The number of methoxy groups -OCH3 is 1. The molecule has 1 aromatic carbocycles. The number of aliphatic hydroxyl groups is 3. The number of aromatic nitrogens is 1. The minimum Gasteiger partial charge on any atom is -0.400 e. The van der Waals surface area contributed by atoms with Crippen LogP contribution >= 0.6 is 11.3 Å². The first-order valence-electron chi connectivity index (χ1n) is 10.7. The van der Waals surface area contributed by atoms with Gasteiger partial charge in [0.05, 0.1) is 0 Å². The Labute approximate surface area is 203 Å². The van der Waals surface area contributed by atoms with E-state index >= 15 is 0 Å². The van der Waals surface area contributed by atoms with Gasteiger partial charge in [-0.05, 0) is 32.7 Å². The van der Waals surface area contributed by atoms with Gasteiger partial charge in [-0.25, -0.2) is 4.98 Å². The van der Waals surface area contributed by atoms with Crippen molar-refractivity contribution < 1.29 is 22.9 Å². The molecule has 1 saturated carbocycles. The Morgan fingerprint density at radius 1 is 0.938 bits per heavy atom. The second kappa shape index (κ2) is 34.1. The number of rotatable bonds is 2. The summed E-state index contributed by atoms with van der Waals surface area (Å²) in [4.78, 5) is 3.71. The number of nitrogens with zero attached hydrogens (tertiary/aromatic N) is 1. The van der Waals surface area contributed by atoms with Crippen LogP contribution in [-0.4, -0.2) is 62.4 Å². The van der Waals surface area contributed by atoms with Gasteiger partial charge >= 0.3 is 0 Å². The lowest BCUT2D eigenvalue weighted by atomic mass is 9.87. The van der Waals surface area contributed by atoms with Crippen LogP contribution in [0.25, 0.3) is 0 Å². The summed E-state index contributed by atoms with van der Waals surface area (Å²) >= 11 is 1.44. The molecule has 1 heterocycles. The van der Waals surface area contributed by atoms with E-state index in [-0.39, 0.29) is 2.85 Å². The molecule has 0 amide bonds. The first-order chi connectivity index (χ1) is 15.5. The molecule has 3 rings (SSSR count). The Hall–Kier alpha value is -1.55. The summed E-state index contributed by atoms with van der Waals surface area (Å²) in [6.45, 7) is 5.09. The van der Waals surface area contributed by atoms with Gasteiger partial charge in [0, 0.05) is 50.0 Å². The number of benzene rings is 1. The topological polar surface area (TPSA) is 135 Å². The van der Waals surface area contributed by atoms with Crippen LogP contribution in [0.15, 0.2) is 35.8 Å². The van der Waals surface area contributed by atoms with E-state index in [2.05, 4.69) is 47.8 Å². The number of hydrogen-bond donors (Lipinski definition) is 5. The zero-order valence-corrected chi connectivity index (χ0v) is 22.1. The molecule has 0 radical (unpaired) electrons. The van der Waals surface area contributed by atoms with Crippen molar-refractivity contribution in [1.29, 1.82) is 0 Å². The number of hydrogen-bond acceptors (Lipinski definition) is 8. The van der Waals surface area contributed by atoms with E-state index in [1.807, 2.05) is 5.38 Å². The maximum Gasteiger partial charge on any atom is 0.179 e. The molecule has 1 aliphatic carbocycles. The molecule has 1 aliphatic rings. The quantitative estimate of drug-likeness (QED) is 0.427. The van der Waals surface area contributed by atoms with Crippen LogP contribution in [0.5, 0.6) is 0 Å². The normalized spacial score (nSPS) is 11.3. The highest BCUT2D eigenvalue weighted by molar-refractivity contribution is 7.13. The largest absolute Gasteiger partial charge is 0.400 e. The summed E-state index contributed by atoms with van der Waals surface area (Å²) in [5, 5.41) is 23.5. The third-order valence-electron chi connectivity index (χ3n) is 3.97. The maximum absolute atomic E-state index is 7.00. The molecule has 7 N–H and O–H groups in total. The second-order valence-corrected chi connectivity index (χ2v) is 7.44. The molecule has 0 spiro atoms. The highest BCUT2D eigenvalue weighted by atomic mass is 32.1. The Kier molecular flexibility index (Phi) is 40.2. The Morgan fingerprint density at radius 2 is 1.34 bits per heavy atom. The standard InChI is InChI=1S/C8H17N.C8H10.C3H4N2S.C2H6O.3CH4O.2H2/c9-7-6-8-4-2-1-3-5-8;1-7-3-5-8(2)6-4-7;4-3-5-1-2-6-3;1-3-2;3*1-2;;/h8H,1-7,9H2;3-6H,1-2H3;1-2H,(H2,4,5);1-2H3;3*2H,1H3;2*1H. The van der Waals surface area contributed by atoms with Gasteiger partial charge < -0.3 is 31.5 Å². The van der Waals surface area contributed by atoms with E-state index in [1.54, 1.807) is 20.4 Å². The first-order valence-corrected chi connectivity index (χ1v) is 11.5. The van der Waals surface area contributed by atoms with Crippen LogP contribution in [0.4, 0.5) is 5.13 Å². The van der Waals surface area contributed by atoms with Crippen molar-refractivity contribution in [2.45, 2.75) is 52.4 Å². The summed E-state index contributed by atoms with van der Waals surface area (Å²) in [6.07, 6.45) is 10.2. The zero-order chi connectivity index (χ0) is 25.6. The van der Waals surface area contributed by atoms with Crippen molar-refractivity contribution in [2.75, 3.05) is 47.8 Å². The fourth-order valence-corrected chi connectivity index (χ4v) is 2.97. The van der Waals surface area contributed by atoms with Gasteiger partial charge in [-0.1, -0.05) is 67.5 Å².